The molecule has 0 bridgehead atoms. The van der Waals surface area contributed by atoms with Crippen LogP contribution in [-0.2, 0) is 16.0 Å². The molecule has 0 radical (unpaired) electrons. The molecular weight excluding hydrogens is 514 g/mol. The first kappa shape index (κ1) is 25.8. The number of nitrogens with one attached hydrogen (secondary N) is 1. The average molecular weight is 542 g/mol. The number of hydrogen-bond acceptors (Lipinski definition) is 7. The number of thiophene rings is 2. The number of carbonyl (C=O) groups excluding carboxylic acids is 2. The van der Waals surface area contributed by atoms with Crippen LogP contribution in [0.25, 0.3) is 22.6 Å². The zero-order chi connectivity index (χ0) is 26.9. The lowest BCUT2D eigenvalue weighted by Crippen LogP contribution is -2.29. The minimum atomic E-state index is -0.549. The van der Waals surface area contributed by atoms with Gasteiger partial charge in [0.05, 0.1) is 22.3 Å². The van der Waals surface area contributed by atoms with E-state index in [2.05, 4.69) is 43.6 Å². The number of hydrogen-bond donors (Lipinski definition) is 1. The SMILES string of the molecule is CC(C)(C)[C@H]1C/C(=C\c2cccs2)c2nc3ccccc3c(C(=O)OCC(=O)Nc3sccc3C#N)c2C1. The molecule has 0 unspecified atom stereocenters. The molecular formula is C30H27N3O3S2. The van der Waals surface area contributed by atoms with Crippen molar-refractivity contribution in [2.24, 2.45) is 11.3 Å². The molecule has 6 nitrogen and oxygen atoms in total. The van der Waals surface area contributed by atoms with Gasteiger partial charge < -0.3 is 10.1 Å². The van der Waals surface area contributed by atoms with Crippen molar-refractivity contribution in [2.75, 3.05) is 11.9 Å². The third-order valence-corrected chi connectivity index (χ3v) is 8.52. The number of benzene rings is 1. The Balaban J connectivity index is 1.53. The van der Waals surface area contributed by atoms with Crippen LogP contribution in [0.3, 0.4) is 0 Å². The molecule has 4 aromatic rings. The van der Waals surface area contributed by atoms with E-state index < -0.39 is 18.5 Å². The fourth-order valence-corrected chi connectivity index (χ4v) is 6.21. The molecule has 192 valence electrons. The maximum atomic E-state index is 13.6. The van der Waals surface area contributed by atoms with Crippen molar-refractivity contribution in [1.29, 1.82) is 5.26 Å². The summed E-state index contributed by atoms with van der Waals surface area (Å²) >= 11 is 2.92. The second kappa shape index (κ2) is 10.5. The molecule has 38 heavy (non-hydrogen) atoms. The normalized spacial score (nSPS) is 16.2. The van der Waals surface area contributed by atoms with E-state index in [1.807, 2.05) is 36.4 Å². The van der Waals surface area contributed by atoms with E-state index in [1.165, 1.54) is 11.3 Å². The van der Waals surface area contributed by atoms with Crippen molar-refractivity contribution in [1.82, 2.24) is 4.98 Å². The Labute approximate surface area is 229 Å². The predicted octanol–water partition coefficient (Wildman–Crippen LogP) is 7.17. The van der Waals surface area contributed by atoms with Crippen LogP contribution in [0.15, 0.2) is 53.2 Å². The first-order chi connectivity index (χ1) is 18.2. The number of pyridine rings is 1. The van der Waals surface area contributed by atoms with Crippen LogP contribution in [0.1, 0.15) is 59.2 Å². The number of para-hydroxylation sites is 1. The summed E-state index contributed by atoms with van der Waals surface area (Å²) in [7, 11) is 0. The third-order valence-electron chi connectivity index (χ3n) is 6.88. The van der Waals surface area contributed by atoms with E-state index >= 15 is 0 Å². The van der Waals surface area contributed by atoms with Crippen molar-refractivity contribution in [3.63, 3.8) is 0 Å². The molecule has 1 aromatic carbocycles. The lowest BCUT2D eigenvalue weighted by Gasteiger charge is -2.36. The first-order valence-corrected chi connectivity index (χ1v) is 14.1. The third kappa shape index (κ3) is 5.26. The van der Waals surface area contributed by atoms with Crippen LogP contribution >= 0.6 is 22.7 Å². The van der Waals surface area contributed by atoms with Gasteiger partial charge in [-0.05, 0) is 70.3 Å². The maximum Gasteiger partial charge on any atom is 0.339 e. The lowest BCUT2D eigenvalue weighted by molar-refractivity contribution is -0.119. The zero-order valence-corrected chi connectivity index (χ0v) is 23.0. The van der Waals surface area contributed by atoms with E-state index in [0.717, 1.165) is 28.1 Å². The van der Waals surface area contributed by atoms with Gasteiger partial charge in [-0.25, -0.2) is 9.78 Å². The fourth-order valence-electron chi connectivity index (χ4n) is 4.77. The number of carbonyl (C=O) groups is 2. The smallest absolute Gasteiger partial charge is 0.339 e. The minimum Gasteiger partial charge on any atom is -0.452 e. The summed E-state index contributed by atoms with van der Waals surface area (Å²) in [4.78, 5) is 32.4. The topological polar surface area (TPSA) is 92.1 Å². The molecule has 1 aliphatic rings. The number of rotatable bonds is 5. The van der Waals surface area contributed by atoms with Crippen LogP contribution in [0.2, 0.25) is 0 Å². The molecule has 5 rings (SSSR count). The lowest BCUT2D eigenvalue weighted by atomic mass is 9.69. The highest BCUT2D eigenvalue weighted by Gasteiger charge is 2.35. The average Bonchev–Trinajstić information content (AvgIpc) is 3.57. The van der Waals surface area contributed by atoms with Crippen molar-refractivity contribution in [2.45, 2.75) is 33.6 Å². The van der Waals surface area contributed by atoms with Crippen LogP contribution in [0, 0.1) is 22.7 Å². The van der Waals surface area contributed by atoms with Crippen molar-refractivity contribution in [3.05, 3.63) is 80.5 Å². The van der Waals surface area contributed by atoms with Gasteiger partial charge >= 0.3 is 5.97 Å². The number of nitrogens with zero attached hydrogens (tertiary/aromatic N) is 2. The van der Waals surface area contributed by atoms with E-state index in [0.29, 0.717) is 39.4 Å². The predicted molar refractivity (Wildman–Crippen MR) is 153 cm³/mol. The van der Waals surface area contributed by atoms with Crippen LogP contribution < -0.4 is 5.32 Å². The van der Waals surface area contributed by atoms with Gasteiger partial charge in [0.1, 0.15) is 11.1 Å². The van der Waals surface area contributed by atoms with Gasteiger partial charge in [-0.2, -0.15) is 5.26 Å². The van der Waals surface area contributed by atoms with Gasteiger partial charge in [-0.1, -0.05) is 45.0 Å². The maximum absolute atomic E-state index is 13.6. The van der Waals surface area contributed by atoms with Gasteiger partial charge in [0.2, 0.25) is 0 Å². The molecule has 0 saturated carbocycles. The number of nitriles is 1. The Morgan fingerprint density at radius 2 is 1.95 bits per heavy atom. The Hall–Kier alpha value is -3.80. The van der Waals surface area contributed by atoms with Gasteiger partial charge in [-0.3, -0.25) is 4.79 Å². The molecule has 3 aromatic heterocycles. The van der Waals surface area contributed by atoms with E-state index in [1.54, 1.807) is 22.8 Å². The van der Waals surface area contributed by atoms with Gasteiger partial charge in [0, 0.05) is 10.3 Å². The highest BCUT2D eigenvalue weighted by molar-refractivity contribution is 7.14. The zero-order valence-electron chi connectivity index (χ0n) is 21.4. The molecule has 0 spiro atoms. The first-order valence-electron chi connectivity index (χ1n) is 12.3. The molecule has 0 fully saturated rings. The molecule has 1 amide bonds. The van der Waals surface area contributed by atoms with Crippen molar-refractivity contribution in [3.8, 4) is 6.07 Å². The number of anilines is 1. The number of allylic oxidation sites excluding steroid dienone is 1. The fraction of sp³-hybridized carbons (Fsp3) is 0.267. The van der Waals surface area contributed by atoms with Crippen LogP contribution in [0.4, 0.5) is 5.00 Å². The van der Waals surface area contributed by atoms with Gasteiger partial charge in [0.15, 0.2) is 6.61 Å². The van der Waals surface area contributed by atoms with Crippen molar-refractivity contribution < 1.29 is 14.3 Å². The standard InChI is InChI=1S/C30H27N3O3S2/c1-30(2,3)20-13-19(14-21-7-6-11-37-21)27-23(15-20)26(22-8-4-5-9-24(22)32-27)29(35)36-17-25(34)33-28-18(16-31)10-12-38-28/h4-12,14,20H,13,15,17H2,1-3H3,(H,33,34)/b19-14+/t20-/m0/s1. The number of amides is 1. The van der Waals surface area contributed by atoms with Gasteiger partial charge in [-0.15, -0.1) is 22.7 Å². The summed E-state index contributed by atoms with van der Waals surface area (Å²) in [5.74, 6) is -0.746. The number of esters is 1. The Morgan fingerprint density at radius 1 is 1.13 bits per heavy atom. The monoisotopic (exact) mass is 541 g/mol. The summed E-state index contributed by atoms with van der Waals surface area (Å²) < 4.78 is 5.57. The second-order valence-corrected chi connectivity index (χ2v) is 12.3. The molecule has 0 aliphatic heterocycles. The summed E-state index contributed by atoms with van der Waals surface area (Å²) in [6, 6.07) is 15.3. The highest BCUT2D eigenvalue weighted by Crippen LogP contribution is 2.45. The van der Waals surface area contributed by atoms with E-state index in [-0.39, 0.29) is 5.41 Å². The Bertz CT molecular complexity index is 1590. The second-order valence-electron chi connectivity index (χ2n) is 10.4. The minimum absolute atomic E-state index is 0.0120. The Kier molecular flexibility index (Phi) is 7.15. The summed E-state index contributed by atoms with van der Waals surface area (Å²) in [6.07, 6.45) is 3.73. The number of ether oxygens (including phenoxy) is 1. The quantitative estimate of drug-likeness (QED) is 0.270. The van der Waals surface area contributed by atoms with Gasteiger partial charge in [0.25, 0.3) is 5.91 Å². The van der Waals surface area contributed by atoms with Crippen LogP contribution in [-0.4, -0.2) is 23.5 Å². The summed E-state index contributed by atoms with van der Waals surface area (Å²) in [6.45, 7) is 6.22. The largest absolute Gasteiger partial charge is 0.452 e. The van der Waals surface area contributed by atoms with Crippen molar-refractivity contribution >= 4 is 62.1 Å². The molecule has 0 saturated heterocycles. The summed E-state index contributed by atoms with van der Waals surface area (Å²) in [5.41, 5.74) is 4.37. The number of fused-ring (bicyclic) bond motifs is 2. The van der Waals surface area contributed by atoms with E-state index in [4.69, 9.17) is 9.72 Å². The molecule has 1 aliphatic carbocycles. The molecule has 1 N–H and O–H groups in total. The Morgan fingerprint density at radius 3 is 2.68 bits per heavy atom. The number of aromatic nitrogens is 1. The molecule has 1 atom stereocenters. The molecule has 8 heteroatoms. The summed E-state index contributed by atoms with van der Waals surface area (Å²) in [5, 5.41) is 16.8. The van der Waals surface area contributed by atoms with Crippen LogP contribution in [0.5, 0.6) is 0 Å². The van der Waals surface area contributed by atoms with E-state index in [9.17, 15) is 14.9 Å². The highest BCUT2D eigenvalue weighted by atomic mass is 32.1. The molecule has 3 heterocycles.